The van der Waals surface area contributed by atoms with Gasteiger partial charge in [-0.05, 0) is 18.9 Å². The van der Waals surface area contributed by atoms with Gasteiger partial charge >= 0.3 is 0 Å². The maximum absolute atomic E-state index is 8.57. The molecule has 0 aromatic carbocycles. The summed E-state index contributed by atoms with van der Waals surface area (Å²) in [4.78, 5) is 0. The molecule has 0 heterocycles. The number of aliphatic hydroxyl groups is 1. The highest BCUT2D eigenvalue weighted by atomic mass is 16.2. The predicted molar refractivity (Wildman–Crippen MR) is 52.9 cm³/mol. The SMILES string of the molecule is C/C=C(\C=C/CO)C(N)CCC. The van der Waals surface area contributed by atoms with Crippen LogP contribution in [0.1, 0.15) is 26.7 Å². The van der Waals surface area contributed by atoms with Crippen molar-refractivity contribution in [3.05, 3.63) is 23.8 Å². The van der Waals surface area contributed by atoms with E-state index in [1.54, 1.807) is 6.08 Å². The van der Waals surface area contributed by atoms with Gasteiger partial charge in [-0.25, -0.2) is 0 Å². The van der Waals surface area contributed by atoms with Gasteiger partial charge in [0.05, 0.1) is 6.61 Å². The van der Waals surface area contributed by atoms with Crippen LogP contribution in [-0.2, 0) is 0 Å². The number of hydrogen-bond acceptors (Lipinski definition) is 2. The Kier molecular flexibility index (Phi) is 6.72. The maximum atomic E-state index is 8.57. The third-order valence-corrected chi connectivity index (χ3v) is 1.78. The molecule has 0 saturated heterocycles. The van der Waals surface area contributed by atoms with E-state index in [0.29, 0.717) is 0 Å². The van der Waals surface area contributed by atoms with Crippen LogP contribution in [-0.4, -0.2) is 17.8 Å². The average Bonchev–Trinajstić information content (AvgIpc) is 2.06. The zero-order valence-corrected chi connectivity index (χ0v) is 7.96. The number of aliphatic hydroxyl groups excluding tert-OH is 1. The standard InChI is InChI=1S/C10H19NO/c1-3-6-10(11)9(4-2)7-5-8-12/h4-5,7,10,12H,3,6,8,11H2,1-2H3/b7-5-,9-4+. The quantitative estimate of drug-likeness (QED) is 0.614. The Morgan fingerprint density at radius 1 is 1.58 bits per heavy atom. The highest BCUT2D eigenvalue weighted by Crippen LogP contribution is 2.07. The normalized spacial score (nSPS) is 15.5. The minimum Gasteiger partial charge on any atom is -0.392 e. The smallest absolute Gasteiger partial charge is 0.0615 e. The van der Waals surface area contributed by atoms with Crippen LogP contribution >= 0.6 is 0 Å². The lowest BCUT2D eigenvalue weighted by molar-refractivity contribution is 0.342. The Bertz CT molecular complexity index is 161. The molecule has 0 aliphatic rings. The average molecular weight is 169 g/mol. The van der Waals surface area contributed by atoms with Crippen LogP contribution in [0.3, 0.4) is 0 Å². The van der Waals surface area contributed by atoms with E-state index in [1.807, 2.05) is 19.1 Å². The zero-order chi connectivity index (χ0) is 9.40. The molecule has 0 aliphatic carbocycles. The summed E-state index contributed by atoms with van der Waals surface area (Å²) in [5.74, 6) is 0. The van der Waals surface area contributed by atoms with E-state index in [1.165, 1.54) is 0 Å². The van der Waals surface area contributed by atoms with E-state index in [9.17, 15) is 0 Å². The first-order valence-corrected chi connectivity index (χ1v) is 4.45. The summed E-state index contributed by atoms with van der Waals surface area (Å²) in [6.07, 6.45) is 7.68. The molecule has 2 nitrogen and oxygen atoms in total. The second kappa shape index (κ2) is 7.07. The number of nitrogens with two attached hydrogens (primary N) is 1. The fraction of sp³-hybridized carbons (Fsp3) is 0.600. The van der Waals surface area contributed by atoms with Gasteiger partial charge in [-0.15, -0.1) is 0 Å². The Balaban J connectivity index is 4.06. The summed E-state index contributed by atoms with van der Waals surface area (Å²) >= 11 is 0. The van der Waals surface area contributed by atoms with Crippen molar-refractivity contribution in [3.63, 3.8) is 0 Å². The van der Waals surface area contributed by atoms with Crippen molar-refractivity contribution in [2.75, 3.05) is 6.61 Å². The first kappa shape index (κ1) is 11.4. The second-order valence-electron chi connectivity index (χ2n) is 2.77. The lowest BCUT2D eigenvalue weighted by atomic mass is 10.0. The highest BCUT2D eigenvalue weighted by molar-refractivity contribution is 5.23. The Hall–Kier alpha value is -0.600. The summed E-state index contributed by atoms with van der Waals surface area (Å²) in [6.45, 7) is 4.16. The van der Waals surface area contributed by atoms with Crippen molar-refractivity contribution in [3.8, 4) is 0 Å². The van der Waals surface area contributed by atoms with Gasteiger partial charge in [0.25, 0.3) is 0 Å². The van der Waals surface area contributed by atoms with E-state index in [0.717, 1.165) is 18.4 Å². The molecule has 0 bridgehead atoms. The van der Waals surface area contributed by atoms with Crippen molar-refractivity contribution in [1.82, 2.24) is 0 Å². The third kappa shape index (κ3) is 4.31. The first-order valence-electron chi connectivity index (χ1n) is 4.45. The van der Waals surface area contributed by atoms with Crippen LogP contribution < -0.4 is 5.73 Å². The Morgan fingerprint density at radius 3 is 2.67 bits per heavy atom. The molecule has 0 amide bonds. The molecule has 0 aliphatic heterocycles. The van der Waals surface area contributed by atoms with E-state index in [4.69, 9.17) is 10.8 Å². The van der Waals surface area contributed by atoms with Gasteiger partial charge in [0, 0.05) is 6.04 Å². The predicted octanol–water partition coefficient (Wildman–Crippen LogP) is 1.61. The molecular formula is C10H19NO. The lowest BCUT2D eigenvalue weighted by Gasteiger charge is -2.10. The van der Waals surface area contributed by atoms with Gasteiger partial charge in [0.15, 0.2) is 0 Å². The molecule has 0 spiro atoms. The monoisotopic (exact) mass is 169 g/mol. The summed E-state index contributed by atoms with van der Waals surface area (Å²) in [6, 6.07) is 0.114. The Morgan fingerprint density at radius 2 is 2.25 bits per heavy atom. The largest absolute Gasteiger partial charge is 0.392 e. The molecule has 0 aromatic rings. The molecule has 0 saturated carbocycles. The maximum Gasteiger partial charge on any atom is 0.0615 e. The minimum absolute atomic E-state index is 0.0795. The van der Waals surface area contributed by atoms with E-state index in [2.05, 4.69) is 6.92 Å². The van der Waals surface area contributed by atoms with Crippen molar-refractivity contribution in [1.29, 1.82) is 0 Å². The first-order chi connectivity index (χ1) is 5.76. The molecule has 0 fully saturated rings. The number of hydrogen-bond donors (Lipinski definition) is 2. The van der Waals surface area contributed by atoms with E-state index >= 15 is 0 Å². The molecule has 70 valence electrons. The summed E-state index contributed by atoms with van der Waals surface area (Å²) in [5, 5.41) is 8.57. The molecule has 1 unspecified atom stereocenters. The molecule has 0 rings (SSSR count). The van der Waals surface area contributed by atoms with E-state index < -0.39 is 0 Å². The van der Waals surface area contributed by atoms with Crippen LogP contribution in [0.15, 0.2) is 23.8 Å². The van der Waals surface area contributed by atoms with Crippen molar-refractivity contribution in [2.24, 2.45) is 5.73 Å². The summed E-state index contributed by atoms with van der Waals surface area (Å²) in [5.41, 5.74) is 6.98. The molecule has 0 aromatic heterocycles. The van der Waals surface area contributed by atoms with Crippen LogP contribution in [0, 0.1) is 0 Å². The van der Waals surface area contributed by atoms with Gasteiger partial charge in [0.1, 0.15) is 0 Å². The van der Waals surface area contributed by atoms with E-state index in [-0.39, 0.29) is 12.6 Å². The van der Waals surface area contributed by atoms with Crippen LogP contribution in [0.2, 0.25) is 0 Å². The van der Waals surface area contributed by atoms with Gasteiger partial charge in [-0.2, -0.15) is 0 Å². The molecule has 12 heavy (non-hydrogen) atoms. The number of allylic oxidation sites excluding steroid dienone is 1. The zero-order valence-electron chi connectivity index (χ0n) is 7.96. The van der Waals surface area contributed by atoms with Crippen LogP contribution in [0.4, 0.5) is 0 Å². The van der Waals surface area contributed by atoms with Gasteiger partial charge in [-0.3, -0.25) is 0 Å². The second-order valence-corrected chi connectivity index (χ2v) is 2.77. The topological polar surface area (TPSA) is 46.2 Å². The van der Waals surface area contributed by atoms with Crippen molar-refractivity contribution >= 4 is 0 Å². The van der Waals surface area contributed by atoms with Crippen molar-refractivity contribution < 1.29 is 5.11 Å². The molecule has 0 radical (unpaired) electrons. The number of rotatable bonds is 5. The van der Waals surface area contributed by atoms with Gasteiger partial charge < -0.3 is 10.8 Å². The molecule has 3 N–H and O–H groups in total. The van der Waals surface area contributed by atoms with Gasteiger partial charge in [-0.1, -0.05) is 31.6 Å². The van der Waals surface area contributed by atoms with Crippen LogP contribution in [0.25, 0.3) is 0 Å². The van der Waals surface area contributed by atoms with Crippen molar-refractivity contribution in [2.45, 2.75) is 32.7 Å². The fourth-order valence-corrected chi connectivity index (χ4v) is 1.10. The van der Waals surface area contributed by atoms with Gasteiger partial charge in [0.2, 0.25) is 0 Å². The summed E-state index contributed by atoms with van der Waals surface area (Å²) < 4.78 is 0. The minimum atomic E-state index is 0.0795. The molecular weight excluding hydrogens is 150 g/mol. The lowest BCUT2D eigenvalue weighted by Crippen LogP contribution is -2.21. The fourth-order valence-electron chi connectivity index (χ4n) is 1.10. The summed E-state index contributed by atoms with van der Waals surface area (Å²) in [7, 11) is 0. The van der Waals surface area contributed by atoms with Crippen LogP contribution in [0.5, 0.6) is 0 Å². The highest BCUT2D eigenvalue weighted by Gasteiger charge is 2.02. The molecule has 2 heteroatoms. The molecule has 1 atom stereocenters. The Labute approximate surface area is 74.8 Å². The third-order valence-electron chi connectivity index (χ3n) is 1.78.